The number of ether oxygens (including phenoxy) is 1. The molecule has 0 aliphatic carbocycles. The number of benzene rings is 2. The van der Waals surface area contributed by atoms with Crippen LogP contribution in [0.5, 0.6) is 5.75 Å². The van der Waals surface area contributed by atoms with Crippen LogP contribution in [0, 0.1) is 5.82 Å². The van der Waals surface area contributed by atoms with Gasteiger partial charge < -0.3 is 24.4 Å². The quantitative estimate of drug-likeness (QED) is 0.285. The summed E-state index contributed by atoms with van der Waals surface area (Å²) in [5.41, 5.74) is 0.108. The summed E-state index contributed by atoms with van der Waals surface area (Å²) in [7, 11) is -4.84. The third kappa shape index (κ3) is 4.42. The number of hydrogen-bond donors (Lipinski definition) is 3. The summed E-state index contributed by atoms with van der Waals surface area (Å²) in [5, 5.41) is 2.87. The van der Waals surface area contributed by atoms with E-state index in [0.29, 0.717) is 23.3 Å². The van der Waals surface area contributed by atoms with Crippen molar-refractivity contribution in [1.29, 1.82) is 0 Å². The van der Waals surface area contributed by atoms with Crippen molar-refractivity contribution < 1.29 is 41.6 Å². The van der Waals surface area contributed by atoms with Gasteiger partial charge in [0.25, 0.3) is 5.91 Å². The Hall–Kier alpha value is -3.84. The SMILES string of the molecule is CC(C)(OP(=O)(O)O)c1ncc(-c2cc3c(cc2F)nc2n3[C@@H]3C[C@H]2NC(=O)c2cccc(OC(F)F)c23)cn1. The van der Waals surface area contributed by atoms with E-state index in [1.165, 1.54) is 56.6 Å². The second kappa shape index (κ2) is 9.10. The van der Waals surface area contributed by atoms with Gasteiger partial charge in [-0.05, 0) is 38.5 Å². The molecule has 2 bridgehead atoms. The maximum Gasteiger partial charge on any atom is 0.470 e. The molecule has 0 spiro atoms. The normalized spacial score (nSPS) is 18.4. The molecule has 11 nitrogen and oxygen atoms in total. The molecular weight excluding hydrogens is 554 g/mol. The number of carbonyl (C=O) groups excluding carboxylic acids is 1. The molecule has 0 radical (unpaired) electrons. The van der Waals surface area contributed by atoms with Crippen LogP contribution in [0.2, 0.25) is 0 Å². The maximum absolute atomic E-state index is 15.3. The van der Waals surface area contributed by atoms with Gasteiger partial charge in [-0.3, -0.25) is 9.32 Å². The van der Waals surface area contributed by atoms with Crippen LogP contribution < -0.4 is 10.1 Å². The summed E-state index contributed by atoms with van der Waals surface area (Å²) in [6.07, 6.45) is 2.93. The van der Waals surface area contributed by atoms with E-state index in [2.05, 4.69) is 20.3 Å². The summed E-state index contributed by atoms with van der Waals surface area (Å²) < 4.78 is 64.4. The van der Waals surface area contributed by atoms with Gasteiger partial charge in [0.15, 0.2) is 5.82 Å². The van der Waals surface area contributed by atoms with Crippen molar-refractivity contribution in [2.24, 2.45) is 0 Å². The van der Waals surface area contributed by atoms with Crippen LogP contribution in [0.1, 0.15) is 59.9 Å². The lowest BCUT2D eigenvalue weighted by Gasteiger charge is -2.23. The molecule has 0 fully saturated rings. The lowest BCUT2D eigenvalue weighted by atomic mass is 9.97. The van der Waals surface area contributed by atoms with E-state index in [4.69, 9.17) is 19.0 Å². The zero-order chi connectivity index (χ0) is 28.6. The molecule has 40 heavy (non-hydrogen) atoms. The zero-order valence-electron chi connectivity index (χ0n) is 20.9. The molecule has 2 aromatic heterocycles. The first kappa shape index (κ1) is 26.4. The molecule has 2 aliphatic heterocycles. The summed E-state index contributed by atoms with van der Waals surface area (Å²) >= 11 is 0. The van der Waals surface area contributed by atoms with E-state index in [1.807, 2.05) is 0 Å². The molecule has 2 atom stereocenters. The fraction of sp³-hybridized carbons (Fsp3) is 0.280. The van der Waals surface area contributed by atoms with E-state index in [0.717, 1.165) is 0 Å². The first-order chi connectivity index (χ1) is 18.8. The number of phosphoric ester groups is 1. The molecular formula is C25H21F3N5O6P. The van der Waals surface area contributed by atoms with Crippen molar-refractivity contribution >= 4 is 24.8 Å². The summed E-state index contributed by atoms with van der Waals surface area (Å²) in [6, 6.07) is 5.98. The topological polar surface area (TPSA) is 149 Å². The van der Waals surface area contributed by atoms with Crippen molar-refractivity contribution in [3.8, 4) is 16.9 Å². The standard InChI is InChI=1S/C25H21F3N5O6P/c1-25(2,39-40(35,36)37)23-29-9-11(10-30-23)13-6-17-15(7-14(13)26)31-21-16-8-18(33(17)21)20-12(22(34)32-16)4-3-5-19(20)38-24(27)28/h3-7,9-10,16,18,24H,8H2,1-2H3,(H,32,34)(H2,35,36,37)/t16-,18-/m1/s1. The lowest BCUT2D eigenvalue weighted by Crippen LogP contribution is -2.28. The predicted molar refractivity (Wildman–Crippen MR) is 133 cm³/mol. The van der Waals surface area contributed by atoms with Crippen molar-refractivity contribution in [2.45, 2.75) is 44.6 Å². The highest BCUT2D eigenvalue weighted by Gasteiger charge is 2.42. The van der Waals surface area contributed by atoms with Gasteiger partial charge in [-0.2, -0.15) is 8.78 Å². The Morgan fingerprint density at radius 3 is 2.58 bits per heavy atom. The smallest absolute Gasteiger partial charge is 0.434 e. The average molecular weight is 575 g/mol. The number of aromatic nitrogens is 4. The summed E-state index contributed by atoms with van der Waals surface area (Å²) in [4.78, 5) is 44.1. The molecule has 15 heteroatoms. The van der Waals surface area contributed by atoms with Gasteiger partial charge in [0.1, 0.15) is 23.0 Å². The van der Waals surface area contributed by atoms with Gasteiger partial charge >= 0.3 is 14.4 Å². The van der Waals surface area contributed by atoms with Crippen LogP contribution in [0.3, 0.4) is 0 Å². The molecule has 4 heterocycles. The van der Waals surface area contributed by atoms with Gasteiger partial charge in [-0.1, -0.05) is 6.07 Å². The van der Waals surface area contributed by atoms with Crippen LogP contribution in [0.15, 0.2) is 42.7 Å². The van der Waals surface area contributed by atoms with Crippen molar-refractivity contribution in [1.82, 2.24) is 24.8 Å². The third-order valence-electron chi connectivity index (χ3n) is 6.90. The van der Waals surface area contributed by atoms with Crippen LogP contribution in [0.4, 0.5) is 13.2 Å². The second-order valence-corrected chi connectivity index (χ2v) is 11.1. The molecule has 6 rings (SSSR count). The van der Waals surface area contributed by atoms with Crippen LogP contribution >= 0.6 is 7.82 Å². The fourth-order valence-electron chi connectivity index (χ4n) is 5.37. The highest BCUT2D eigenvalue weighted by Crippen LogP contribution is 2.48. The number of rotatable bonds is 6. The number of hydrogen-bond acceptors (Lipinski definition) is 7. The Morgan fingerprint density at radius 1 is 1.18 bits per heavy atom. The molecule has 4 aromatic rings. The first-order valence-electron chi connectivity index (χ1n) is 12.0. The zero-order valence-corrected chi connectivity index (χ0v) is 21.8. The second-order valence-electron chi connectivity index (χ2n) is 9.92. The largest absolute Gasteiger partial charge is 0.470 e. The molecule has 0 saturated carbocycles. The monoisotopic (exact) mass is 575 g/mol. The van der Waals surface area contributed by atoms with Gasteiger partial charge in [-0.25, -0.2) is 23.9 Å². The third-order valence-corrected chi connectivity index (χ3v) is 7.60. The molecule has 1 amide bonds. The average Bonchev–Trinajstić information content (AvgIpc) is 3.33. The Kier molecular flexibility index (Phi) is 6.00. The Morgan fingerprint density at radius 2 is 1.90 bits per heavy atom. The number of halogens is 3. The molecule has 3 N–H and O–H groups in total. The Balaban J connectivity index is 1.46. The van der Waals surface area contributed by atoms with E-state index < -0.39 is 43.8 Å². The lowest BCUT2D eigenvalue weighted by molar-refractivity contribution is -0.0507. The summed E-state index contributed by atoms with van der Waals surface area (Å²) in [6.45, 7) is -0.339. The van der Waals surface area contributed by atoms with E-state index >= 15 is 4.39 Å². The minimum Gasteiger partial charge on any atom is -0.434 e. The number of fused-ring (bicyclic) bond motifs is 9. The fourth-order valence-corrected chi connectivity index (χ4v) is 6.05. The van der Waals surface area contributed by atoms with Crippen LogP contribution in [0.25, 0.3) is 22.2 Å². The van der Waals surface area contributed by atoms with Gasteiger partial charge in [0.2, 0.25) is 0 Å². The minimum absolute atomic E-state index is 0.0322. The van der Waals surface area contributed by atoms with Crippen molar-refractivity contribution in [2.75, 3.05) is 0 Å². The predicted octanol–water partition coefficient (Wildman–Crippen LogP) is 4.36. The van der Waals surface area contributed by atoms with Crippen molar-refractivity contribution in [3.63, 3.8) is 0 Å². The molecule has 208 valence electrons. The maximum atomic E-state index is 15.3. The number of phosphoric acid groups is 1. The van der Waals surface area contributed by atoms with Gasteiger partial charge in [-0.15, -0.1) is 0 Å². The molecule has 0 saturated heterocycles. The first-order valence-corrected chi connectivity index (χ1v) is 13.5. The Labute approximate surface area is 224 Å². The molecule has 2 aliphatic rings. The number of amides is 1. The molecule has 2 aromatic carbocycles. The Bertz CT molecular complexity index is 1720. The van der Waals surface area contributed by atoms with E-state index in [9.17, 15) is 18.1 Å². The van der Waals surface area contributed by atoms with Crippen LogP contribution in [-0.4, -0.2) is 41.8 Å². The number of alkyl halides is 2. The highest BCUT2D eigenvalue weighted by atomic mass is 31.2. The number of nitrogens with one attached hydrogen (secondary N) is 1. The summed E-state index contributed by atoms with van der Waals surface area (Å²) in [5.74, 6) is -0.800. The highest BCUT2D eigenvalue weighted by molar-refractivity contribution is 7.46. The number of imidazole rings is 1. The van der Waals surface area contributed by atoms with Gasteiger partial charge in [0, 0.05) is 40.7 Å². The van der Waals surface area contributed by atoms with Crippen molar-refractivity contribution in [3.05, 3.63) is 71.3 Å². The van der Waals surface area contributed by atoms with Gasteiger partial charge in [0.05, 0.1) is 23.1 Å². The van der Waals surface area contributed by atoms with E-state index in [1.54, 1.807) is 4.57 Å². The minimum atomic E-state index is -4.84. The molecule has 0 unspecified atom stereocenters. The number of carbonyl (C=O) groups is 1. The van der Waals surface area contributed by atoms with Crippen LogP contribution in [-0.2, 0) is 14.7 Å². The van der Waals surface area contributed by atoms with E-state index in [-0.39, 0.29) is 33.8 Å². The number of nitrogens with zero attached hydrogens (tertiary/aromatic N) is 4.